The molecule has 1 fully saturated rings. The van der Waals surface area contributed by atoms with E-state index in [-0.39, 0.29) is 13.1 Å². The molecule has 7 heteroatoms. The second kappa shape index (κ2) is 5.16. The van der Waals surface area contributed by atoms with Crippen LogP contribution in [0.4, 0.5) is 18.9 Å². The van der Waals surface area contributed by atoms with Crippen LogP contribution in [0.15, 0.2) is 18.5 Å². The third kappa shape index (κ3) is 3.04. The Morgan fingerprint density at radius 2 is 2.21 bits per heavy atom. The van der Waals surface area contributed by atoms with Crippen LogP contribution in [0.25, 0.3) is 0 Å². The monoisotopic (exact) mass is 273 g/mol. The topological polar surface area (TPSA) is 54.0 Å². The van der Waals surface area contributed by atoms with Gasteiger partial charge in [0, 0.05) is 31.2 Å². The average molecular weight is 273 g/mol. The predicted molar refractivity (Wildman–Crippen MR) is 63.5 cm³/mol. The van der Waals surface area contributed by atoms with Gasteiger partial charge in [0.25, 0.3) is 0 Å². The highest BCUT2D eigenvalue weighted by molar-refractivity contribution is 5.93. The van der Waals surface area contributed by atoms with Gasteiger partial charge in [-0.05, 0) is 18.6 Å². The number of amides is 1. The Bertz CT molecular complexity index is 476. The van der Waals surface area contributed by atoms with Crippen LogP contribution in [0.1, 0.15) is 5.56 Å². The van der Waals surface area contributed by atoms with Gasteiger partial charge in [0.1, 0.15) is 0 Å². The van der Waals surface area contributed by atoms with Crippen LogP contribution in [-0.4, -0.2) is 30.2 Å². The van der Waals surface area contributed by atoms with Gasteiger partial charge in [0.15, 0.2) is 0 Å². The lowest BCUT2D eigenvalue weighted by atomic mass is 9.94. The van der Waals surface area contributed by atoms with E-state index in [9.17, 15) is 18.0 Å². The van der Waals surface area contributed by atoms with E-state index in [1.807, 2.05) is 0 Å². The van der Waals surface area contributed by atoms with Crippen LogP contribution in [0.5, 0.6) is 0 Å². The maximum absolute atomic E-state index is 12.8. The first-order valence-electron chi connectivity index (χ1n) is 5.88. The SMILES string of the molecule is Cc1cnccc1NC(=O)[C@@H]1CNC[C@H]1C(F)(F)F. The summed E-state index contributed by atoms with van der Waals surface area (Å²) in [7, 11) is 0. The number of aryl methyl sites for hydroxylation is 1. The van der Waals surface area contributed by atoms with Gasteiger partial charge in [-0.2, -0.15) is 13.2 Å². The molecular weight excluding hydrogens is 259 g/mol. The van der Waals surface area contributed by atoms with E-state index in [2.05, 4.69) is 15.6 Å². The molecule has 1 aromatic rings. The Balaban J connectivity index is 2.10. The zero-order valence-electron chi connectivity index (χ0n) is 10.3. The Kier molecular flexibility index (Phi) is 3.75. The second-order valence-electron chi connectivity index (χ2n) is 4.59. The van der Waals surface area contributed by atoms with E-state index in [0.29, 0.717) is 11.3 Å². The Morgan fingerprint density at radius 3 is 2.84 bits per heavy atom. The first-order chi connectivity index (χ1) is 8.89. The molecule has 0 bridgehead atoms. The number of hydrogen-bond acceptors (Lipinski definition) is 3. The molecule has 2 heterocycles. The van der Waals surface area contributed by atoms with Crippen molar-refractivity contribution in [3.05, 3.63) is 24.0 Å². The summed E-state index contributed by atoms with van der Waals surface area (Å²) in [6.07, 6.45) is -1.33. The maximum Gasteiger partial charge on any atom is 0.393 e. The number of nitrogens with one attached hydrogen (secondary N) is 2. The summed E-state index contributed by atoms with van der Waals surface area (Å²) >= 11 is 0. The fourth-order valence-electron chi connectivity index (χ4n) is 2.14. The molecule has 19 heavy (non-hydrogen) atoms. The minimum Gasteiger partial charge on any atom is -0.325 e. The number of nitrogens with zero attached hydrogens (tertiary/aromatic N) is 1. The molecule has 4 nitrogen and oxygen atoms in total. The van der Waals surface area contributed by atoms with E-state index in [1.165, 1.54) is 6.20 Å². The van der Waals surface area contributed by atoms with Crippen LogP contribution in [0, 0.1) is 18.8 Å². The average Bonchev–Trinajstić information content (AvgIpc) is 2.81. The number of carbonyl (C=O) groups is 1. The van der Waals surface area contributed by atoms with Crippen molar-refractivity contribution < 1.29 is 18.0 Å². The maximum atomic E-state index is 12.8. The fraction of sp³-hybridized carbons (Fsp3) is 0.500. The zero-order valence-corrected chi connectivity index (χ0v) is 10.3. The number of rotatable bonds is 2. The number of hydrogen-bond donors (Lipinski definition) is 2. The van der Waals surface area contributed by atoms with Crippen LogP contribution in [0.3, 0.4) is 0 Å². The second-order valence-corrected chi connectivity index (χ2v) is 4.59. The van der Waals surface area contributed by atoms with Crippen molar-refractivity contribution in [3.8, 4) is 0 Å². The molecule has 2 rings (SSSR count). The van der Waals surface area contributed by atoms with Crippen molar-refractivity contribution in [2.45, 2.75) is 13.1 Å². The van der Waals surface area contributed by atoms with Crippen LogP contribution < -0.4 is 10.6 Å². The van der Waals surface area contributed by atoms with Crippen molar-refractivity contribution in [2.75, 3.05) is 18.4 Å². The van der Waals surface area contributed by atoms with E-state index in [0.717, 1.165) is 0 Å². The zero-order chi connectivity index (χ0) is 14.0. The van der Waals surface area contributed by atoms with Gasteiger partial charge in [-0.3, -0.25) is 9.78 Å². The number of aromatic nitrogens is 1. The van der Waals surface area contributed by atoms with Gasteiger partial charge in [0.2, 0.25) is 5.91 Å². The third-order valence-corrected chi connectivity index (χ3v) is 3.25. The highest BCUT2D eigenvalue weighted by Gasteiger charge is 2.49. The highest BCUT2D eigenvalue weighted by atomic mass is 19.4. The summed E-state index contributed by atoms with van der Waals surface area (Å²) in [4.78, 5) is 15.8. The lowest BCUT2D eigenvalue weighted by Crippen LogP contribution is -2.36. The van der Waals surface area contributed by atoms with Crippen molar-refractivity contribution in [1.82, 2.24) is 10.3 Å². The van der Waals surface area contributed by atoms with Gasteiger partial charge in [-0.15, -0.1) is 0 Å². The van der Waals surface area contributed by atoms with E-state index >= 15 is 0 Å². The van der Waals surface area contributed by atoms with Crippen LogP contribution in [0.2, 0.25) is 0 Å². The molecule has 0 radical (unpaired) electrons. The first kappa shape index (κ1) is 13.8. The lowest BCUT2D eigenvalue weighted by molar-refractivity contribution is -0.181. The highest BCUT2D eigenvalue weighted by Crippen LogP contribution is 2.35. The largest absolute Gasteiger partial charge is 0.393 e. The molecule has 0 spiro atoms. The minimum atomic E-state index is -4.36. The van der Waals surface area contributed by atoms with Crippen LogP contribution >= 0.6 is 0 Å². The molecule has 2 atom stereocenters. The van der Waals surface area contributed by atoms with Gasteiger partial charge in [-0.1, -0.05) is 0 Å². The Hall–Kier alpha value is -1.63. The molecule has 0 aliphatic carbocycles. The predicted octanol–water partition coefficient (Wildman–Crippen LogP) is 1.73. The summed E-state index contributed by atoms with van der Waals surface area (Å²) in [6, 6.07) is 1.57. The van der Waals surface area contributed by atoms with Crippen molar-refractivity contribution in [2.24, 2.45) is 11.8 Å². The summed E-state index contributed by atoms with van der Waals surface area (Å²) in [5.74, 6) is -3.33. The molecule has 2 N–H and O–H groups in total. The molecule has 1 aliphatic heterocycles. The van der Waals surface area contributed by atoms with Gasteiger partial charge < -0.3 is 10.6 Å². The minimum absolute atomic E-state index is 0.0418. The molecule has 1 aromatic heterocycles. The van der Waals surface area contributed by atoms with E-state index in [4.69, 9.17) is 0 Å². The van der Waals surface area contributed by atoms with E-state index in [1.54, 1.807) is 19.2 Å². The van der Waals surface area contributed by atoms with Gasteiger partial charge in [-0.25, -0.2) is 0 Å². The number of carbonyl (C=O) groups excluding carboxylic acids is 1. The Morgan fingerprint density at radius 1 is 1.47 bits per heavy atom. The quantitative estimate of drug-likeness (QED) is 0.862. The van der Waals surface area contributed by atoms with Crippen molar-refractivity contribution in [3.63, 3.8) is 0 Å². The molecule has 0 unspecified atom stereocenters. The van der Waals surface area contributed by atoms with Crippen molar-refractivity contribution >= 4 is 11.6 Å². The fourth-order valence-corrected chi connectivity index (χ4v) is 2.14. The standard InChI is InChI=1S/C12H14F3N3O/c1-7-4-16-3-2-10(7)18-11(19)8-5-17-6-9(8)12(13,14)15/h2-4,8-9,17H,5-6H2,1H3,(H,16,18,19)/t8-,9-/m1/s1. The van der Waals surface area contributed by atoms with Gasteiger partial charge in [0.05, 0.1) is 11.8 Å². The summed E-state index contributed by atoms with van der Waals surface area (Å²) < 4.78 is 38.3. The molecule has 0 saturated carbocycles. The summed E-state index contributed by atoms with van der Waals surface area (Å²) in [5, 5.41) is 5.15. The number of alkyl halides is 3. The first-order valence-corrected chi connectivity index (χ1v) is 5.88. The molecule has 1 aliphatic rings. The molecule has 1 saturated heterocycles. The Labute approximate surface area is 108 Å². The summed E-state index contributed by atoms with van der Waals surface area (Å²) in [5.41, 5.74) is 1.21. The smallest absolute Gasteiger partial charge is 0.325 e. The lowest BCUT2D eigenvalue weighted by Gasteiger charge is -2.21. The van der Waals surface area contributed by atoms with Crippen LogP contribution in [-0.2, 0) is 4.79 Å². The van der Waals surface area contributed by atoms with Gasteiger partial charge >= 0.3 is 6.18 Å². The van der Waals surface area contributed by atoms with E-state index < -0.39 is 23.9 Å². The number of halogens is 3. The number of anilines is 1. The molecule has 0 aromatic carbocycles. The normalized spacial score (nSPS) is 23.4. The molecular formula is C12H14F3N3O. The molecule has 1 amide bonds. The molecule has 104 valence electrons. The van der Waals surface area contributed by atoms with Crippen molar-refractivity contribution in [1.29, 1.82) is 0 Å². The summed E-state index contributed by atoms with van der Waals surface area (Å²) in [6.45, 7) is 1.56. The number of pyridine rings is 1. The third-order valence-electron chi connectivity index (χ3n) is 3.25.